The zero-order chi connectivity index (χ0) is 20.1. The van der Waals surface area contributed by atoms with Crippen LogP contribution in [0.1, 0.15) is 36.8 Å². The number of ether oxygens (including phenoxy) is 1. The molecule has 0 fully saturated rings. The predicted molar refractivity (Wildman–Crippen MR) is 105 cm³/mol. The molecule has 2 aromatic carbocycles. The SMILES string of the molecule is CC(C)C(C(=O)OCc1nn(Cc2ccccc2)c(=O)o1)c1ccc(Cl)cc1. The van der Waals surface area contributed by atoms with Crippen molar-refractivity contribution in [2.75, 3.05) is 0 Å². The van der Waals surface area contributed by atoms with Crippen molar-refractivity contribution in [2.45, 2.75) is 32.9 Å². The molecule has 0 saturated heterocycles. The Hall–Kier alpha value is -2.86. The lowest BCUT2D eigenvalue weighted by Crippen LogP contribution is -2.21. The van der Waals surface area contributed by atoms with Gasteiger partial charge in [0, 0.05) is 5.02 Å². The zero-order valence-electron chi connectivity index (χ0n) is 15.7. The average molecular weight is 401 g/mol. The first-order valence-electron chi connectivity index (χ1n) is 8.97. The Morgan fingerprint density at radius 1 is 1.14 bits per heavy atom. The summed E-state index contributed by atoms with van der Waals surface area (Å²) in [6.45, 7) is 3.97. The summed E-state index contributed by atoms with van der Waals surface area (Å²) in [5.41, 5.74) is 1.74. The van der Waals surface area contributed by atoms with Crippen molar-refractivity contribution in [1.82, 2.24) is 9.78 Å². The van der Waals surface area contributed by atoms with E-state index in [1.807, 2.05) is 56.3 Å². The number of rotatable bonds is 7. The molecule has 0 amide bonds. The van der Waals surface area contributed by atoms with E-state index in [9.17, 15) is 9.59 Å². The zero-order valence-corrected chi connectivity index (χ0v) is 16.4. The Bertz CT molecular complexity index is 978. The number of hydrogen-bond acceptors (Lipinski definition) is 5. The number of esters is 1. The van der Waals surface area contributed by atoms with Crippen LogP contribution >= 0.6 is 11.6 Å². The van der Waals surface area contributed by atoms with Gasteiger partial charge in [-0.15, -0.1) is 5.10 Å². The van der Waals surface area contributed by atoms with Crippen molar-refractivity contribution < 1.29 is 13.9 Å². The fourth-order valence-electron chi connectivity index (χ4n) is 2.95. The van der Waals surface area contributed by atoms with Gasteiger partial charge < -0.3 is 9.15 Å². The highest BCUT2D eigenvalue weighted by molar-refractivity contribution is 6.30. The number of halogens is 1. The lowest BCUT2D eigenvalue weighted by Gasteiger charge is -2.19. The van der Waals surface area contributed by atoms with E-state index in [-0.39, 0.29) is 25.0 Å². The van der Waals surface area contributed by atoms with Gasteiger partial charge in [-0.2, -0.15) is 4.68 Å². The van der Waals surface area contributed by atoms with Crippen LogP contribution in [-0.4, -0.2) is 15.7 Å². The molecule has 0 N–H and O–H groups in total. The lowest BCUT2D eigenvalue weighted by molar-refractivity contribution is -0.148. The summed E-state index contributed by atoms with van der Waals surface area (Å²) in [4.78, 5) is 24.6. The molecule has 0 aliphatic carbocycles. The van der Waals surface area contributed by atoms with Gasteiger partial charge in [0.2, 0.25) is 0 Å². The van der Waals surface area contributed by atoms with Crippen LogP contribution < -0.4 is 5.76 Å². The van der Waals surface area contributed by atoms with Gasteiger partial charge in [0.1, 0.15) is 0 Å². The van der Waals surface area contributed by atoms with E-state index in [2.05, 4.69) is 5.10 Å². The third-order valence-electron chi connectivity index (χ3n) is 4.31. The van der Waals surface area contributed by atoms with E-state index in [4.69, 9.17) is 20.8 Å². The lowest BCUT2D eigenvalue weighted by atomic mass is 9.88. The van der Waals surface area contributed by atoms with E-state index in [0.29, 0.717) is 5.02 Å². The summed E-state index contributed by atoms with van der Waals surface area (Å²) >= 11 is 5.92. The van der Waals surface area contributed by atoms with E-state index in [0.717, 1.165) is 11.1 Å². The summed E-state index contributed by atoms with van der Waals surface area (Å²) in [5.74, 6) is -1.36. The third-order valence-corrected chi connectivity index (χ3v) is 4.56. The average Bonchev–Trinajstić information content (AvgIpc) is 3.02. The fourth-order valence-corrected chi connectivity index (χ4v) is 3.08. The highest BCUT2D eigenvalue weighted by Crippen LogP contribution is 2.27. The van der Waals surface area contributed by atoms with Gasteiger partial charge in [0.25, 0.3) is 5.89 Å². The van der Waals surface area contributed by atoms with Crippen LogP contribution in [0.5, 0.6) is 0 Å². The van der Waals surface area contributed by atoms with Gasteiger partial charge in [-0.3, -0.25) is 4.79 Å². The molecular weight excluding hydrogens is 380 g/mol. The standard InChI is InChI=1S/C21H21ClN2O4/c1-14(2)19(16-8-10-17(22)11-9-16)20(25)27-13-18-23-24(21(26)28-18)12-15-6-4-3-5-7-15/h3-11,14,19H,12-13H2,1-2H3. The normalized spacial score (nSPS) is 12.1. The number of carbonyl (C=O) groups excluding carboxylic acids is 1. The van der Waals surface area contributed by atoms with Crippen LogP contribution in [-0.2, 0) is 22.7 Å². The molecular formula is C21H21ClN2O4. The molecule has 3 rings (SSSR count). The maximum absolute atomic E-state index is 12.6. The first kappa shape index (κ1) is 19.9. The second-order valence-electron chi connectivity index (χ2n) is 6.79. The first-order valence-corrected chi connectivity index (χ1v) is 9.34. The van der Waals surface area contributed by atoms with Crippen LogP contribution in [0.2, 0.25) is 5.02 Å². The minimum Gasteiger partial charge on any atom is -0.455 e. The summed E-state index contributed by atoms with van der Waals surface area (Å²) in [6.07, 6.45) is 0. The second kappa shape index (κ2) is 8.89. The van der Waals surface area contributed by atoms with Gasteiger partial charge in [-0.05, 0) is 29.2 Å². The van der Waals surface area contributed by atoms with E-state index in [1.165, 1.54) is 4.68 Å². The maximum atomic E-state index is 12.6. The van der Waals surface area contributed by atoms with Gasteiger partial charge in [-0.1, -0.05) is 67.9 Å². The number of nitrogens with zero attached hydrogens (tertiary/aromatic N) is 2. The largest absolute Gasteiger partial charge is 0.455 e. The monoisotopic (exact) mass is 400 g/mol. The predicted octanol–water partition coefficient (Wildman–Crippen LogP) is 4.02. The molecule has 3 aromatic rings. The van der Waals surface area contributed by atoms with E-state index in [1.54, 1.807) is 12.1 Å². The van der Waals surface area contributed by atoms with Crippen molar-refractivity contribution in [3.63, 3.8) is 0 Å². The van der Waals surface area contributed by atoms with Crippen LogP contribution in [0.4, 0.5) is 0 Å². The number of aromatic nitrogens is 2. The Morgan fingerprint density at radius 3 is 2.46 bits per heavy atom. The highest BCUT2D eigenvalue weighted by Gasteiger charge is 2.26. The molecule has 1 unspecified atom stereocenters. The summed E-state index contributed by atoms with van der Waals surface area (Å²) in [5, 5.41) is 4.71. The van der Waals surface area contributed by atoms with Crippen molar-refractivity contribution in [3.8, 4) is 0 Å². The Labute approximate surface area is 167 Å². The third kappa shape index (κ3) is 4.89. The number of hydrogen-bond donors (Lipinski definition) is 0. The fraction of sp³-hybridized carbons (Fsp3) is 0.286. The van der Waals surface area contributed by atoms with E-state index >= 15 is 0 Å². The highest BCUT2D eigenvalue weighted by atomic mass is 35.5. The Balaban J connectivity index is 1.67. The molecule has 0 aliphatic rings. The molecule has 1 heterocycles. The summed E-state index contributed by atoms with van der Waals surface area (Å²) in [7, 11) is 0. The molecule has 0 spiro atoms. The molecule has 1 aromatic heterocycles. The quantitative estimate of drug-likeness (QED) is 0.560. The van der Waals surface area contributed by atoms with Crippen molar-refractivity contribution in [2.24, 2.45) is 5.92 Å². The molecule has 0 bridgehead atoms. The minimum absolute atomic E-state index is 0.0244. The topological polar surface area (TPSA) is 74.3 Å². The van der Waals surface area contributed by atoms with Gasteiger partial charge in [0.05, 0.1) is 12.5 Å². The Morgan fingerprint density at radius 2 is 1.82 bits per heavy atom. The smallest absolute Gasteiger partial charge is 0.437 e. The molecule has 0 saturated carbocycles. The molecule has 28 heavy (non-hydrogen) atoms. The molecule has 7 heteroatoms. The molecule has 6 nitrogen and oxygen atoms in total. The van der Waals surface area contributed by atoms with Gasteiger partial charge in [0.15, 0.2) is 6.61 Å². The van der Waals surface area contributed by atoms with Gasteiger partial charge in [-0.25, -0.2) is 4.79 Å². The molecule has 146 valence electrons. The molecule has 0 aliphatic heterocycles. The van der Waals surface area contributed by atoms with Crippen molar-refractivity contribution >= 4 is 17.6 Å². The summed E-state index contributed by atoms with van der Waals surface area (Å²) < 4.78 is 11.7. The summed E-state index contributed by atoms with van der Waals surface area (Å²) in [6, 6.07) is 16.5. The van der Waals surface area contributed by atoms with Crippen LogP contribution in [0, 0.1) is 5.92 Å². The first-order chi connectivity index (χ1) is 13.4. The van der Waals surface area contributed by atoms with Gasteiger partial charge >= 0.3 is 11.7 Å². The number of benzene rings is 2. The van der Waals surface area contributed by atoms with Crippen molar-refractivity contribution in [1.29, 1.82) is 0 Å². The van der Waals surface area contributed by atoms with E-state index < -0.39 is 17.6 Å². The second-order valence-corrected chi connectivity index (χ2v) is 7.22. The molecule has 1 atom stereocenters. The maximum Gasteiger partial charge on any atom is 0.437 e. The molecule has 0 radical (unpaired) electrons. The minimum atomic E-state index is -0.590. The van der Waals surface area contributed by atoms with Crippen LogP contribution in [0.25, 0.3) is 0 Å². The number of carbonyl (C=O) groups is 1. The van der Waals surface area contributed by atoms with Crippen LogP contribution in [0.15, 0.2) is 63.8 Å². The van der Waals surface area contributed by atoms with Crippen LogP contribution in [0.3, 0.4) is 0 Å². The van der Waals surface area contributed by atoms with Crippen molar-refractivity contribution in [3.05, 3.63) is 87.2 Å². The Kier molecular flexibility index (Phi) is 6.31.